The average molecular weight is 462 g/mol. The van der Waals surface area contributed by atoms with Crippen molar-refractivity contribution in [1.82, 2.24) is 25.1 Å². The third-order valence-corrected chi connectivity index (χ3v) is 5.95. The van der Waals surface area contributed by atoms with Crippen molar-refractivity contribution in [2.75, 3.05) is 24.8 Å². The van der Waals surface area contributed by atoms with E-state index in [0.717, 1.165) is 5.56 Å². The van der Waals surface area contributed by atoms with Crippen LogP contribution in [0, 0.1) is 5.92 Å². The van der Waals surface area contributed by atoms with Crippen molar-refractivity contribution in [3.05, 3.63) is 41.7 Å². The molecule has 2 aliphatic rings. The zero-order chi connectivity index (χ0) is 23.2. The van der Waals surface area contributed by atoms with E-state index in [9.17, 15) is 18.0 Å². The van der Waals surface area contributed by atoms with E-state index < -0.39 is 12.0 Å². The summed E-state index contributed by atoms with van der Waals surface area (Å²) in [6.07, 6.45) is -3.52. The van der Waals surface area contributed by atoms with Gasteiger partial charge < -0.3 is 19.7 Å². The predicted molar refractivity (Wildman–Crippen MR) is 110 cm³/mol. The average Bonchev–Trinajstić information content (AvgIpc) is 3.44. The molecular formula is C21H21F3N6O3. The van der Waals surface area contributed by atoms with Crippen LogP contribution in [0.2, 0.25) is 0 Å². The summed E-state index contributed by atoms with van der Waals surface area (Å²) >= 11 is 0. The second-order valence-electron chi connectivity index (χ2n) is 8.09. The highest BCUT2D eigenvalue weighted by Gasteiger charge is 2.38. The van der Waals surface area contributed by atoms with Crippen molar-refractivity contribution >= 4 is 17.4 Å². The Morgan fingerprint density at radius 2 is 1.88 bits per heavy atom. The van der Waals surface area contributed by atoms with Crippen LogP contribution in [0.4, 0.5) is 19.0 Å². The lowest BCUT2D eigenvalue weighted by Crippen LogP contribution is -2.41. The van der Waals surface area contributed by atoms with E-state index in [1.807, 2.05) is 30.0 Å². The van der Waals surface area contributed by atoms with Gasteiger partial charge >= 0.3 is 6.18 Å². The first kappa shape index (κ1) is 21.3. The molecule has 33 heavy (non-hydrogen) atoms. The normalized spacial score (nSPS) is 17.4. The number of aromatic nitrogens is 4. The van der Waals surface area contributed by atoms with Crippen LogP contribution in [0.1, 0.15) is 37.2 Å². The zero-order valence-electron chi connectivity index (χ0n) is 17.7. The van der Waals surface area contributed by atoms with Crippen LogP contribution < -0.4 is 19.7 Å². The number of nitrogens with one attached hydrogen (secondary N) is 1. The molecule has 1 saturated heterocycles. The highest BCUT2D eigenvalue weighted by atomic mass is 19.4. The highest BCUT2D eigenvalue weighted by molar-refractivity contribution is 5.79. The van der Waals surface area contributed by atoms with Gasteiger partial charge in [-0.05, 0) is 49.6 Å². The lowest BCUT2D eigenvalue weighted by Gasteiger charge is -2.32. The lowest BCUT2D eigenvalue weighted by molar-refractivity contribution is -0.146. The molecule has 12 heteroatoms. The molecule has 0 radical (unpaired) electrons. The molecule has 1 aromatic carbocycles. The standard InChI is InChI=1S/C21H21F3N6O3/c1-12(14-2-3-15-16(10-14)33-11-32-15)25-19(31)13-6-8-29(9-7-13)18-5-4-17-26-27-20(21(22,23)24)30(17)28-18/h2-5,10,12-13H,6-9,11H2,1H3,(H,25,31). The second-order valence-corrected chi connectivity index (χ2v) is 8.09. The minimum Gasteiger partial charge on any atom is -0.454 e. The van der Waals surface area contributed by atoms with Gasteiger partial charge in [0.15, 0.2) is 17.1 Å². The summed E-state index contributed by atoms with van der Waals surface area (Å²) in [6, 6.07) is 8.44. The van der Waals surface area contributed by atoms with Gasteiger partial charge in [-0.3, -0.25) is 4.79 Å². The van der Waals surface area contributed by atoms with E-state index in [2.05, 4.69) is 20.6 Å². The maximum absolute atomic E-state index is 13.1. The van der Waals surface area contributed by atoms with Crippen LogP contribution in [0.25, 0.3) is 5.65 Å². The number of halogens is 3. The molecule has 0 spiro atoms. The number of anilines is 1. The Morgan fingerprint density at radius 3 is 2.64 bits per heavy atom. The minimum absolute atomic E-state index is 0.0258. The first-order valence-corrected chi connectivity index (χ1v) is 10.5. The van der Waals surface area contributed by atoms with E-state index >= 15 is 0 Å². The Morgan fingerprint density at radius 1 is 1.12 bits per heavy atom. The first-order chi connectivity index (χ1) is 15.8. The van der Waals surface area contributed by atoms with Gasteiger partial charge in [0.1, 0.15) is 5.82 Å². The van der Waals surface area contributed by atoms with E-state index in [4.69, 9.17) is 9.47 Å². The molecule has 2 aliphatic heterocycles. The van der Waals surface area contributed by atoms with Gasteiger partial charge in [0.25, 0.3) is 5.82 Å². The summed E-state index contributed by atoms with van der Waals surface area (Å²) < 4.78 is 50.8. The van der Waals surface area contributed by atoms with Crippen LogP contribution in [-0.2, 0) is 11.0 Å². The SMILES string of the molecule is CC(NC(=O)C1CCN(c2ccc3nnc(C(F)(F)F)n3n2)CC1)c1ccc2c(c1)OCO2. The second kappa shape index (κ2) is 8.09. The molecule has 174 valence electrons. The molecule has 1 fully saturated rings. The largest absolute Gasteiger partial charge is 0.454 e. The van der Waals surface area contributed by atoms with Gasteiger partial charge in [0, 0.05) is 19.0 Å². The summed E-state index contributed by atoms with van der Waals surface area (Å²) in [7, 11) is 0. The molecule has 4 heterocycles. The van der Waals surface area contributed by atoms with Gasteiger partial charge in [0.05, 0.1) is 6.04 Å². The smallest absolute Gasteiger partial charge is 0.453 e. The summed E-state index contributed by atoms with van der Waals surface area (Å²) in [5, 5.41) is 13.8. The molecule has 3 aromatic rings. The molecule has 1 N–H and O–H groups in total. The number of nitrogens with zero attached hydrogens (tertiary/aromatic N) is 5. The molecule has 5 rings (SSSR count). The Labute approximate surface area is 186 Å². The first-order valence-electron chi connectivity index (χ1n) is 10.5. The highest BCUT2D eigenvalue weighted by Crippen LogP contribution is 2.34. The zero-order valence-corrected chi connectivity index (χ0v) is 17.7. The van der Waals surface area contributed by atoms with Gasteiger partial charge in [-0.15, -0.1) is 15.3 Å². The number of benzene rings is 1. The Balaban J connectivity index is 1.21. The van der Waals surface area contributed by atoms with Crippen molar-refractivity contribution < 1.29 is 27.4 Å². The Bertz CT molecular complexity index is 1190. The minimum atomic E-state index is -4.65. The number of ether oxygens (including phenoxy) is 2. The molecule has 1 amide bonds. The number of fused-ring (bicyclic) bond motifs is 2. The number of hydrogen-bond donors (Lipinski definition) is 1. The Hall–Kier alpha value is -3.57. The van der Waals surface area contributed by atoms with Crippen LogP contribution >= 0.6 is 0 Å². The van der Waals surface area contributed by atoms with Gasteiger partial charge in [-0.1, -0.05) is 6.07 Å². The molecule has 1 atom stereocenters. The van der Waals surface area contributed by atoms with E-state index in [0.29, 0.717) is 47.8 Å². The number of piperidine rings is 1. The van der Waals surface area contributed by atoms with Crippen molar-refractivity contribution in [3.8, 4) is 11.5 Å². The summed E-state index contributed by atoms with van der Waals surface area (Å²) in [4.78, 5) is 14.7. The summed E-state index contributed by atoms with van der Waals surface area (Å²) in [5.41, 5.74) is 0.940. The van der Waals surface area contributed by atoms with Crippen molar-refractivity contribution in [1.29, 1.82) is 0 Å². The van der Waals surface area contributed by atoms with Crippen molar-refractivity contribution in [2.45, 2.75) is 32.0 Å². The predicted octanol–water partition coefficient (Wildman–Crippen LogP) is 2.97. The fourth-order valence-corrected chi connectivity index (χ4v) is 4.09. The number of rotatable bonds is 4. The maximum Gasteiger partial charge on any atom is 0.453 e. The van der Waals surface area contributed by atoms with Gasteiger partial charge in [-0.2, -0.15) is 17.7 Å². The number of amides is 1. The van der Waals surface area contributed by atoms with Crippen LogP contribution in [0.5, 0.6) is 11.5 Å². The molecule has 9 nitrogen and oxygen atoms in total. The molecule has 0 aliphatic carbocycles. The molecule has 0 bridgehead atoms. The topological polar surface area (TPSA) is 93.9 Å². The summed E-state index contributed by atoms with van der Waals surface area (Å²) in [6.45, 7) is 3.09. The van der Waals surface area contributed by atoms with E-state index in [-0.39, 0.29) is 30.3 Å². The number of hydrogen-bond acceptors (Lipinski definition) is 7. The van der Waals surface area contributed by atoms with Gasteiger partial charge in [-0.25, -0.2) is 0 Å². The third kappa shape index (κ3) is 4.12. The van der Waals surface area contributed by atoms with Crippen LogP contribution in [-0.4, -0.2) is 45.6 Å². The number of alkyl halides is 3. The quantitative estimate of drug-likeness (QED) is 0.637. The van der Waals surface area contributed by atoms with Crippen molar-refractivity contribution in [2.24, 2.45) is 5.92 Å². The summed E-state index contributed by atoms with van der Waals surface area (Å²) in [5.74, 6) is 0.327. The molecular weight excluding hydrogens is 441 g/mol. The lowest BCUT2D eigenvalue weighted by atomic mass is 9.95. The van der Waals surface area contributed by atoms with Crippen LogP contribution in [0.3, 0.4) is 0 Å². The maximum atomic E-state index is 13.1. The number of carbonyl (C=O) groups is 1. The Kier molecular flexibility index (Phi) is 5.22. The van der Waals surface area contributed by atoms with E-state index in [1.54, 1.807) is 6.07 Å². The molecule has 2 aromatic heterocycles. The van der Waals surface area contributed by atoms with Gasteiger partial charge in [0.2, 0.25) is 12.7 Å². The monoisotopic (exact) mass is 462 g/mol. The number of carbonyl (C=O) groups excluding carboxylic acids is 1. The fraction of sp³-hybridized carbons (Fsp3) is 0.429. The molecule has 1 unspecified atom stereocenters. The third-order valence-electron chi connectivity index (χ3n) is 5.95. The van der Waals surface area contributed by atoms with Crippen LogP contribution in [0.15, 0.2) is 30.3 Å². The van der Waals surface area contributed by atoms with Crippen molar-refractivity contribution in [3.63, 3.8) is 0 Å². The van der Waals surface area contributed by atoms with E-state index in [1.165, 1.54) is 6.07 Å². The molecule has 0 saturated carbocycles. The fourth-order valence-electron chi connectivity index (χ4n) is 4.09.